The maximum atomic E-state index is 14.1. The van der Waals surface area contributed by atoms with Crippen LogP contribution in [0.15, 0.2) is 48.5 Å². The van der Waals surface area contributed by atoms with Crippen molar-refractivity contribution in [1.29, 1.82) is 0 Å². The van der Waals surface area contributed by atoms with Crippen LogP contribution < -0.4 is 0 Å². The van der Waals surface area contributed by atoms with Crippen molar-refractivity contribution in [3.8, 4) is 0 Å². The van der Waals surface area contributed by atoms with Crippen molar-refractivity contribution in [2.45, 2.75) is 45.1 Å². The summed E-state index contributed by atoms with van der Waals surface area (Å²) in [6, 6.07) is 16.4. The average molecular weight is 284 g/mol. The fourth-order valence-corrected chi connectivity index (χ4v) is 2.86. The number of hydrogen-bond donors (Lipinski definition) is 0. The highest BCUT2D eigenvalue weighted by atomic mass is 19.1. The normalized spacial score (nSPS) is 25.8. The van der Waals surface area contributed by atoms with E-state index in [1.807, 2.05) is 24.3 Å². The summed E-state index contributed by atoms with van der Waals surface area (Å²) >= 11 is 0. The maximum Gasteiger partial charge on any atom is 0.106 e. The molecule has 2 aromatic carbocycles. The first-order valence-corrected chi connectivity index (χ1v) is 7.54. The fraction of sp³-hybridized carbons (Fsp3) is 0.368. The highest BCUT2D eigenvalue weighted by molar-refractivity contribution is 5.26. The molecular formula is C19H21FO. The van der Waals surface area contributed by atoms with E-state index in [1.54, 1.807) is 0 Å². The van der Waals surface area contributed by atoms with Gasteiger partial charge in [-0.3, -0.25) is 0 Å². The van der Waals surface area contributed by atoms with Crippen molar-refractivity contribution in [2.75, 3.05) is 0 Å². The Balaban J connectivity index is 1.81. The summed E-state index contributed by atoms with van der Waals surface area (Å²) < 4.78 is 20.3. The van der Waals surface area contributed by atoms with Crippen molar-refractivity contribution in [3.05, 3.63) is 70.8 Å². The Morgan fingerprint density at radius 1 is 0.762 bits per heavy atom. The van der Waals surface area contributed by atoms with Gasteiger partial charge in [-0.25, -0.2) is 4.39 Å². The Hall–Kier alpha value is -1.67. The largest absolute Gasteiger partial charge is 0.365 e. The van der Waals surface area contributed by atoms with Gasteiger partial charge in [-0.2, -0.15) is 0 Å². The minimum absolute atomic E-state index is 0.152. The number of rotatable bonds is 2. The van der Waals surface area contributed by atoms with Crippen LogP contribution >= 0.6 is 0 Å². The van der Waals surface area contributed by atoms with Gasteiger partial charge in [0.1, 0.15) is 6.17 Å². The molecule has 1 fully saturated rings. The van der Waals surface area contributed by atoms with E-state index in [9.17, 15) is 4.39 Å². The summed E-state index contributed by atoms with van der Waals surface area (Å²) in [5, 5.41) is 0. The molecule has 1 aliphatic heterocycles. The molecule has 0 aliphatic carbocycles. The predicted octanol–water partition coefficient (Wildman–Crippen LogP) is 5.23. The monoisotopic (exact) mass is 284 g/mol. The molecule has 1 heterocycles. The molecule has 1 nitrogen and oxygen atoms in total. The summed E-state index contributed by atoms with van der Waals surface area (Å²) in [6.45, 7) is 4.11. The van der Waals surface area contributed by atoms with Gasteiger partial charge >= 0.3 is 0 Å². The lowest BCUT2D eigenvalue weighted by Gasteiger charge is -2.33. The Bertz CT molecular complexity index is 534. The van der Waals surface area contributed by atoms with E-state index < -0.39 is 6.17 Å². The summed E-state index contributed by atoms with van der Waals surface area (Å²) in [4.78, 5) is 0. The van der Waals surface area contributed by atoms with Gasteiger partial charge in [0.2, 0.25) is 0 Å². The topological polar surface area (TPSA) is 9.23 Å². The van der Waals surface area contributed by atoms with Gasteiger partial charge in [0.25, 0.3) is 0 Å². The fourth-order valence-electron chi connectivity index (χ4n) is 2.86. The van der Waals surface area contributed by atoms with Crippen LogP contribution in [0, 0.1) is 13.8 Å². The van der Waals surface area contributed by atoms with Crippen LogP contribution in [0.25, 0.3) is 0 Å². The molecule has 1 unspecified atom stereocenters. The zero-order valence-electron chi connectivity index (χ0n) is 12.6. The third kappa shape index (κ3) is 3.33. The third-order valence-corrected chi connectivity index (χ3v) is 4.17. The number of halogens is 1. The molecule has 21 heavy (non-hydrogen) atoms. The second-order valence-corrected chi connectivity index (χ2v) is 6.00. The number of benzene rings is 2. The van der Waals surface area contributed by atoms with Crippen LogP contribution in [0.2, 0.25) is 0 Å². The van der Waals surface area contributed by atoms with Gasteiger partial charge in [0.15, 0.2) is 0 Å². The molecule has 0 aromatic heterocycles. The van der Waals surface area contributed by atoms with Crippen molar-refractivity contribution in [1.82, 2.24) is 0 Å². The van der Waals surface area contributed by atoms with Crippen molar-refractivity contribution < 1.29 is 9.13 Å². The van der Waals surface area contributed by atoms with Crippen LogP contribution in [-0.2, 0) is 4.74 Å². The Morgan fingerprint density at radius 3 is 1.52 bits per heavy atom. The first kappa shape index (κ1) is 14.3. The molecule has 1 aliphatic rings. The maximum absolute atomic E-state index is 14.1. The molecule has 0 spiro atoms. The van der Waals surface area contributed by atoms with Gasteiger partial charge in [-0.1, -0.05) is 59.7 Å². The lowest BCUT2D eigenvalue weighted by atomic mass is 9.93. The van der Waals surface area contributed by atoms with Crippen LogP contribution in [0.5, 0.6) is 0 Å². The second kappa shape index (κ2) is 5.98. The molecule has 0 saturated carbocycles. The molecule has 0 amide bonds. The summed E-state index contributed by atoms with van der Waals surface area (Å²) in [7, 11) is 0. The van der Waals surface area contributed by atoms with E-state index in [4.69, 9.17) is 4.74 Å². The molecule has 0 N–H and O–H groups in total. The van der Waals surface area contributed by atoms with Crippen molar-refractivity contribution in [2.24, 2.45) is 0 Å². The number of aryl methyl sites for hydroxylation is 2. The number of hydrogen-bond acceptors (Lipinski definition) is 1. The summed E-state index contributed by atoms with van der Waals surface area (Å²) in [5.41, 5.74) is 4.56. The zero-order valence-corrected chi connectivity index (χ0v) is 12.6. The first-order valence-electron chi connectivity index (χ1n) is 7.54. The molecule has 1 saturated heterocycles. The van der Waals surface area contributed by atoms with Gasteiger partial charge in [-0.05, 0) is 25.0 Å². The van der Waals surface area contributed by atoms with Crippen LogP contribution in [0.4, 0.5) is 4.39 Å². The van der Waals surface area contributed by atoms with Crippen molar-refractivity contribution in [3.63, 3.8) is 0 Å². The number of alkyl halides is 1. The minimum atomic E-state index is -0.809. The molecule has 3 atom stereocenters. The van der Waals surface area contributed by atoms with Gasteiger partial charge < -0.3 is 4.74 Å². The smallest absolute Gasteiger partial charge is 0.106 e. The van der Waals surface area contributed by atoms with Gasteiger partial charge in [-0.15, -0.1) is 0 Å². The summed E-state index contributed by atoms with van der Waals surface area (Å²) in [5.74, 6) is 0. The molecule has 0 radical (unpaired) electrons. The van der Waals surface area contributed by atoms with Crippen LogP contribution in [-0.4, -0.2) is 6.17 Å². The first-order chi connectivity index (χ1) is 10.1. The second-order valence-electron chi connectivity index (χ2n) is 6.00. The highest BCUT2D eigenvalue weighted by Gasteiger charge is 2.31. The Morgan fingerprint density at radius 2 is 1.14 bits per heavy atom. The van der Waals surface area contributed by atoms with E-state index in [1.165, 1.54) is 11.1 Å². The SMILES string of the molecule is Cc1ccc([C@@H]2CC(F)C[C@H](c3ccc(C)cc3)O2)cc1. The van der Waals surface area contributed by atoms with E-state index in [0.717, 1.165) is 11.1 Å². The highest BCUT2D eigenvalue weighted by Crippen LogP contribution is 2.39. The Labute approximate surface area is 125 Å². The molecule has 0 bridgehead atoms. The standard InChI is InChI=1S/C19H21FO/c1-13-3-7-15(8-4-13)18-11-17(20)12-19(21-18)16-9-5-14(2)6-10-16/h3-10,17-19H,11-12H2,1-2H3/t17?,18-,19+. The molecule has 2 aromatic rings. The molecular weight excluding hydrogens is 263 g/mol. The number of ether oxygens (including phenoxy) is 1. The third-order valence-electron chi connectivity index (χ3n) is 4.17. The molecule has 2 heteroatoms. The van der Waals surface area contributed by atoms with E-state index in [-0.39, 0.29) is 12.2 Å². The lowest BCUT2D eigenvalue weighted by molar-refractivity contribution is -0.0811. The minimum Gasteiger partial charge on any atom is -0.365 e. The molecule has 110 valence electrons. The van der Waals surface area contributed by atoms with Crippen LogP contribution in [0.3, 0.4) is 0 Å². The van der Waals surface area contributed by atoms with E-state index in [2.05, 4.69) is 38.1 Å². The Kier molecular flexibility index (Phi) is 4.07. The summed E-state index contributed by atoms with van der Waals surface area (Å²) in [6.07, 6.45) is -0.214. The van der Waals surface area contributed by atoms with Gasteiger partial charge in [0.05, 0.1) is 12.2 Å². The van der Waals surface area contributed by atoms with Crippen molar-refractivity contribution >= 4 is 0 Å². The predicted molar refractivity (Wildman–Crippen MR) is 83.1 cm³/mol. The van der Waals surface area contributed by atoms with Gasteiger partial charge in [0, 0.05) is 12.8 Å². The average Bonchev–Trinajstić information content (AvgIpc) is 2.48. The lowest BCUT2D eigenvalue weighted by Crippen LogP contribution is -2.24. The van der Waals surface area contributed by atoms with E-state index >= 15 is 0 Å². The quantitative estimate of drug-likeness (QED) is 0.733. The van der Waals surface area contributed by atoms with Crippen LogP contribution in [0.1, 0.15) is 47.3 Å². The van der Waals surface area contributed by atoms with E-state index in [0.29, 0.717) is 12.8 Å². The molecule has 3 rings (SSSR count). The zero-order chi connectivity index (χ0) is 14.8.